The smallest absolute Gasteiger partial charge is 0.298 e. The molecule has 0 aromatic carbocycles. The van der Waals surface area contributed by atoms with Gasteiger partial charge in [-0.05, 0) is 15.9 Å². The predicted octanol–water partition coefficient (Wildman–Crippen LogP) is 2.02. The molecule has 72 valence electrons. The third kappa shape index (κ3) is 2.83. The van der Waals surface area contributed by atoms with Gasteiger partial charge in [0.2, 0.25) is 0 Å². The number of nitrogens with zero attached hydrogens (tertiary/aromatic N) is 2. The first-order valence-electron chi connectivity index (χ1n) is 3.17. The molecule has 7 heteroatoms. The fourth-order valence-electron chi connectivity index (χ4n) is 0.757. The Kier molecular flexibility index (Phi) is 2.74. The highest BCUT2D eigenvalue weighted by atomic mass is 79.9. The number of rotatable bonds is 2. The number of aromatic nitrogens is 2. The van der Waals surface area contributed by atoms with Gasteiger partial charge in [0.1, 0.15) is 11.1 Å². The molecular weight excluding hydrogens is 253 g/mol. The Morgan fingerprint density at radius 1 is 1.62 bits per heavy atom. The Morgan fingerprint density at radius 2 is 2.23 bits per heavy atom. The van der Waals surface area contributed by atoms with E-state index in [4.69, 9.17) is 0 Å². The van der Waals surface area contributed by atoms with Crippen molar-refractivity contribution in [2.75, 3.05) is 0 Å². The molecule has 0 aliphatic carbocycles. The van der Waals surface area contributed by atoms with E-state index in [1.54, 1.807) is 0 Å². The van der Waals surface area contributed by atoms with Crippen LogP contribution >= 0.6 is 15.9 Å². The van der Waals surface area contributed by atoms with E-state index in [0.717, 1.165) is 6.20 Å². The van der Waals surface area contributed by atoms with Crippen molar-refractivity contribution in [1.82, 2.24) is 9.78 Å². The molecule has 3 nitrogen and oxygen atoms in total. The van der Waals surface area contributed by atoms with Gasteiger partial charge in [0, 0.05) is 6.20 Å². The quantitative estimate of drug-likeness (QED) is 0.759. The van der Waals surface area contributed by atoms with E-state index in [2.05, 4.69) is 21.0 Å². The highest BCUT2D eigenvalue weighted by molar-refractivity contribution is 9.10. The van der Waals surface area contributed by atoms with Gasteiger partial charge in [0.15, 0.2) is 6.29 Å². The van der Waals surface area contributed by atoms with Gasteiger partial charge in [-0.3, -0.25) is 9.48 Å². The van der Waals surface area contributed by atoms with E-state index in [1.165, 1.54) is 0 Å². The molecule has 0 aliphatic rings. The molecule has 0 bridgehead atoms. The van der Waals surface area contributed by atoms with Gasteiger partial charge in [-0.1, -0.05) is 0 Å². The van der Waals surface area contributed by atoms with Gasteiger partial charge >= 0.3 is 6.18 Å². The Balaban J connectivity index is 2.85. The van der Waals surface area contributed by atoms with E-state index < -0.39 is 12.7 Å². The molecule has 0 radical (unpaired) electrons. The van der Waals surface area contributed by atoms with Crippen molar-refractivity contribution in [2.45, 2.75) is 12.7 Å². The van der Waals surface area contributed by atoms with Crippen LogP contribution in [-0.4, -0.2) is 22.2 Å². The van der Waals surface area contributed by atoms with E-state index >= 15 is 0 Å². The molecule has 1 aromatic heterocycles. The largest absolute Gasteiger partial charge is 0.408 e. The van der Waals surface area contributed by atoms with Crippen LogP contribution in [0.2, 0.25) is 0 Å². The van der Waals surface area contributed by atoms with Crippen LogP contribution in [0.25, 0.3) is 0 Å². The van der Waals surface area contributed by atoms with Crippen molar-refractivity contribution in [3.05, 3.63) is 16.4 Å². The summed E-state index contributed by atoms with van der Waals surface area (Å²) < 4.78 is 36.2. The first-order valence-corrected chi connectivity index (χ1v) is 3.96. The van der Waals surface area contributed by atoms with Gasteiger partial charge in [-0.2, -0.15) is 18.3 Å². The highest BCUT2D eigenvalue weighted by Gasteiger charge is 2.28. The maximum Gasteiger partial charge on any atom is 0.408 e. The van der Waals surface area contributed by atoms with Crippen molar-refractivity contribution >= 4 is 22.2 Å². The third-order valence-electron chi connectivity index (χ3n) is 1.21. The summed E-state index contributed by atoms with van der Waals surface area (Å²) in [5, 5.41) is 3.45. The van der Waals surface area contributed by atoms with Crippen molar-refractivity contribution in [3.63, 3.8) is 0 Å². The maximum atomic E-state index is 11.8. The molecule has 0 unspecified atom stereocenters. The molecular formula is C6H4BrF3N2O. The fraction of sp³-hybridized carbons (Fsp3) is 0.333. The summed E-state index contributed by atoms with van der Waals surface area (Å²) in [7, 11) is 0. The van der Waals surface area contributed by atoms with Crippen LogP contribution < -0.4 is 0 Å². The predicted molar refractivity (Wildman–Crippen MR) is 41.4 cm³/mol. The Bertz CT molecular complexity index is 320. The van der Waals surface area contributed by atoms with Crippen LogP contribution in [0, 0.1) is 0 Å². The maximum absolute atomic E-state index is 11.8. The first-order chi connectivity index (χ1) is 5.92. The second-order valence-corrected chi connectivity index (χ2v) is 3.06. The molecule has 1 rings (SSSR count). The molecule has 0 amide bonds. The van der Waals surface area contributed by atoms with Crippen LogP contribution in [-0.2, 0) is 6.54 Å². The van der Waals surface area contributed by atoms with Crippen LogP contribution in [0.3, 0.4) is 0 Å². The number of halogens is 4. The van der Waals surface area contributed by atoms with Crippen molar-refractivity contribution < 1.29 is 18.0 Å². The van der Waals surface area contributed by atoms with Crippen molar-refractivity contribution in [1.29, 1.82) is 0 Å². The zero-order valence-electron chi connectivity index (χ0n) is 6.18. The van der Waals surface area contributed by atoms with Gasteiger partial charge in [-0.25, -0.2) is 0 Å². The lowest BCUT2D eigenvalue weighted by Crippen LogP contribution is -2.17. The van der Waals surface area contributed by atoms with Crippen molar-refractivity contribution in [3.8, 4) is 0 Å². The average Bonchev–Trinajstić information content (AvgIpc) is 2.26. The fourth-order valence-corrected chi connectivity index (χ4v) is 1.16. The second-order valence-electron chi connectivity index (χ2n) is 2.31. The minimum atomic E-state index is -4.33. The summed E-state index contributed by atoms with van der Waals surface area (Å²) >= 11 is 2.85. The molecule has 0 fully saturated rings. The number of alkyl halides is 3. The average molecular weight is 257 g/mol. The summed E-state index contributed by atoms with van der Waals surface area (Å²) in [5.74, 6) is 0. The Labute approximate surface area is 79.7 Å². The van der Waals surface area contributed by atoms with Crippen LogP contribution in [0.4, 0.5) is 13.2 Å². The molecule has 1 aromatic rings. The normalized spacial score (nSPS) is 11.7. The van der Waals surface area contributed by atoms with E-state index in [-0.39, 0.29) is 10.2 Å². The Hall–Kier alpha value is -0.850. The van der Waals surface area contributed by atoms with Gasteiger partial charge < -0.3 is 0 Å². The minimum Gasteiger partial charge on any atom is -0.298 e. The molecule has 0 atom stereocenters. The monoisotopic (exact) mass is 256 g/mol. The number of carbonyl (C=O) groups is 1. The summed E-state index contributed by atoms with van der Waals surface area (Å²) in [6.07, 6.45) is -2.86. The van der Waals surface area contributed by atoms with Crippen molar-refractivity contribution in [2.24, 2.45) is 0 Å². The van der Waals surface area contributed by atoms with Crippen LogP contribution in [0.1, 0.15) is 10.4 Å². The lowest BCUT2D eigenvalue weighted by molar-refractivity contribution is -0.142. The van der Waals surface area contributed by atoms with Crippen LogP contribution in [0.15, 0.2) is 10.8 Å². The first kappa shape index (κ1) is 10.2. The molecule has 0 saturated carbocycles. The standard InChI is InChI=1S/C6H4BrF3N2O/c7-5-4(2-13)1-12(11-5)3-6(8,9)10/h1-2H,3H2. The highest BCUT2D eigenvalue weighted by Crippen LogP contribution is 2.19. The SMILES string of the molecule is O=Cc1cn(CC(F)(F)F)nc1Br. The third-order valence-corrected chi connectivity index (χ3v) is 1.83. The minimum absolute atomic E-state index is 0.101. The number of aldehydes is 1. The molecule has 1 heterocycles. The van der Waals surface area contributed by atoms with E-state index in [0.29, 0.717) is 11.0 Å². The number of hydrogen-bond donors (Lipinski definition) is 0. The van der Waals surface area contributed by atoms with E-state index in [9.17, 15) is 18.0 Å². The lowest BCUT2D eigenvalue weighted by atomic mass is 10.4. The zero-order chi connectivity index (χ0) is 10.1. The number of hydrogen-bond acceptors (Lipinski definition) is 2. The molecule has 0 spiro atoms. The molecule has 0 aliphatic heterocycles. The van der Waals surface area contributed by atoms with Gasteiger partial charge in [-0.15, -0.1) is 0 Å². The second kappa shape index (κ2) is 3.49. The number of carbonyl (C=O) groups excluding carboxylic acids is 1. The summed E-state index contributed by atoms with van der Waals surface area (Å²) in [6.45, 7) is -1.19. The van der Waals surface area contributed by atoms with Crippen LogP contribution in [0.5, 0.6) is 0 Å². The lowest BCUT2D eigenvalue weighted by Gasteiger charge is -2.04. The molecule has 0 N–H and O–H groups in total. The van der Waals surface area contributed by atoms with Gasteiger partial charge in [0.05, 0.1) is 5.56 Å². The Morgan fingerprint density at radius 3 is 2.62 bits per heavy atom. The summed E-state index contributed by atoms with van der Waals surface area (Å²) in [5.41, 5.74) is 0.101. The van der Waals surface area contributed by atoms with Gasteiger partial charge in [0.25, 0.3) is 0 Å². The summed E-state index contributed by atoms with van der Waals surface area (Å²) in [6, 6.07) is 0. The molecule has 13 heavy (non-hydrogen) atoms. The topological polar surface area (TPSA) is 34.9 Å². The summed E-state index contributed by atoms with van der Waals surface area (Å²) in [4.78, 5) is 10.2. The zero-order valence-corrected chi connectivity index (χ0v) is 7.76. The molecule has 0 saturated heterocycles. The van der Waals surface area contributed by atoms with E-state index in [1.807, 2.05) is 0 Å².